The van der Waals surface area contributed by atoms with E-state index in [2.05, 4.69) is 10.4 Å². The van der Waals surface area contributed by atoms with E-state index >= 15 is 0 Å². The minimum Gasteiger partial charge on any atom is -0.328 e. The number of hydrogen-bond acceptors (Lipinski definition) is 3. The molecule has 0 spiro atoms. The Balaban J connectivity index is 0.00000243. The van der Waals surface area contributed by atoms with E-state index < -0.39 is 11.7 Å². The molecule has 0 radical (unpaired) electrons. The first-order valence-corrected chi connectivity index (χ1v) is 8.05. The number of halogens is 4. The molecule has 0 saturated heterocycles. The Morgan fingerprint density at radius 1 is 1.31 bits per heavy atom. The smallest absolute Gasteiger partial charge is 0.328 e. The van der Waals surface area contributed by atoms with Crippen molar-refractivity contribution in [3.05, 3.63) is 41.6 Å². The van der Waals surface area contributed by atoms with E-state index in [-0.39, 0.29) is 41.8 Å². The van der Waals surface area contributed by atoms with Crippen LogP contribution in [0.2, 0.25) is 0 Å². The molecule has 1 saturated carbocycles. The van der Waals surface area contributed by atoms with Gasteiger partial charge in [0, 0.05) is 18.0 Å². The second kappa shape index (κ2) is 7.67. The first-order valence-electron chi connectivity index (χ1n) is 8.05. The molecule has 142 valence electrons. The zero-order chi connectivity index (χ0) is 18.2. The van der Waals surface area contributed by atoms with Crippen molar-refractivity contribution >= 4 is 24.1 Å². The minimum atomic E-state index is -4.52. The van der Waals surface area contributed by atoms with Gasteiger partial charge in [-0.15, -0.1) is 12.4 Å². The number of nitrogens with zero attached hydrogens (tertiary/aromatic N) is 2. The third-order valence-corrected chi connectivity index (χ3v) is 4.36. The lowest BCUT2D eigenvalue weighted by Gasteiger charge is -2.16. The van der Waals surface area contributed by atoms with Gasteiger partial charge in [-0.2, -0.15) is 18.3 Å². The van der Waals surface area contributed by atoms with Crippen LogP contribution in [0.5, 0.6) is 0 Å². The molecule has 1 aliphatic carbocycles. The van der Waals surface area contributed by atoms with Gasteiger partial charge in [-0.3, -0.25) is 4.79 Å². The van der Waals surface area contributed by atoms with E-state index in [0.29, 0.717) is 18.5 Å². The molecule has 2 aromatic rings. The van der Waals surface area contributed by atoms with Gasteiger partial charge < -0.3 is 11.1 Å². The molecule has 2 unspecified atom stereocenters. The Hall–Kier alpha value is -2.06. The molecule has 1 amide bonds. The highest BCUT2D eigenvalue weighted by molar-refractivity contribution is 5.92. The summed E-state index contributed by atoms with van der Waals surface area (Å²) in [5, 5.41) is 6.84. The Labute approximate surface area is 155 Å². The van der Waals surface area contributed by atoms with Gasteiger partial charge in [-0.25, -0.2) is 4.68 Å². The number of hydrogen-bond donors (Lipinski definition) is 2. The number of rotatable bonds is 3. The van der Waals surface area contributed by atoms with Gasteiger partial charge in [-0.05, 0) is 38.3 Å². The summed E-state index contributed by atoms with van der Waals surface area (Å²) in [6, 6.07) is 6.70. The molecule has 1 aliphatic rings. The Morgan fingerprint density at radius 2 is 2.00 bits per heavy atom. The summed E-state index contributed by atoms with van der Waals surface area (Å²) in [5.74, 6) is -0.241. The van der Waals surface area contributed by atoms with E-state index in [1.807, 2.05) is 0 Å². The van der Waals surface area contributed by atoms with Crippen molar-refractivity contribution in [3.63, 3.8) is 0 Å². The number of nitrogens with one attached hydrogen (secondary N) is 1. The van der Waals surface area contributed by atoms with Crippen molar-refractivity contribution in [2.45, 2.75) is 38.4 Å². The number of anilines is 1. The molecule has 3 N–H and O–H groups in total. The molecule has 1 fully saturated rings. The number of para-hydroxylation sites is 1. The number of amides is 1. The van der Waals surface area contributed by atoms with Crippen LogP contribution in [0.3, 0.4) is 0 Å². The highest BCUT2D eigenvalue weighted by Crippen LogP contribution is 2.35. The number of carbonyl (C=O) groups excluding carboxylic acids is 1. The fourth-order valence-electron chi connectivity index (χ4n) is 3.15. The van der Waals surface area contributed by atoms with Crippen LogP contribution in [0, 0.1) is 12.8 Å². The number of benzene rings is 1. The molecule has 2 atom stereocenters. The van der Waals surface area contributed by atoms with Crippen LogP contribution in [0.1, 0.15) is 30.5 Å². The first kappa shape index (κ1) is 20.3. The number of carbonyl (C=O) groups is 1. The summed E-state index contributed by atoms with van der Waals surface area (Å²) >= 11 is 0. The number of aryl methyl sites for hydroxylation is 1. The normalized spacial score (nSPS) is 19.9. The molecular formula is C17H20ClF3N4O. The van der Waals surface area contributed by atoms with E-state index in [9.17, 15) is 18.0 Å². The highest BCUT2D eigenvalue weighted by Gasteiger charge is 2.35. The zero-order valence-corrected chi connectivity index (χ0v) is 14.9. The second-order valence-electron chi connectivity index (χ2n) is 6.36. The molecule has 1 aromatic carbocycles. The number of alkyl halides is 3. The Kier molecular flexibility index (Phi) is 5.98. The summed E-state index contributed by atoms with van der Waals surface area (Å²) in [4.78, 5) is 12.4. The molecule has 0 bridgehead atoms. The maximum atomic E-state index is 13.3. The lowest BCUT2D eigenvalue weighted by molar-refractivity contribution is -0.137. The molecule has 3 rings (SSSR count). The maximum Gasteiger partial charge on any atom is 0.418 e. The lowest BCUT2D eigenvalue weighted by atomic mass is 10.1. The number of nitrogens with two attached hydrogens (primary N) is 1. The van der Waals surface area contributed by atoms with Crippen LogP contribution in [0.4, 0.5) is 19.0 Å². The van der Waals surface area contributed by atoms with Gasteiger partial charge in [0.05, 0.1) is 16.9 Å². The van der Waals surface area contributed by atoms with Crippen molar-refractivity contribution in [2.75, 3.05) is 5.32 Å². The molecule has 9 heteroatoms. The van der Waals surface area contributed by atoms with Crippen molar-refractivity contribution in [3.8, 4) is 5.69 Å². The van der Waals surface area contributed by atoms with Gasteiger partial charge in [0.15, 0.2) is 0 Å². The average molecular weight is 389 g/mol. The predicted octanol–water partition coefficient (Wildman–Crippen LogP) is 3.69. The monoisotopic (exact) mass is 388 g/mol. The van der Waals surface area contributed by atoms with Crippen molar-refractivity contribution in [2.24, 2.45) is 11.7 Å². The largest absolute Gasteiger partial charge is 0.418 e. The minimum absolute atomic E-state index is 0. The van der Waals surface area contributed by atoms with Gasteiger partial charge in [0.25, 0.3) is 0 Å². The molecule has 26 heavy (non-hydrogen) atoms. The molecule has 1 heterocycles. The Morgan fingerprint density at radius 3 is 2.62 bits per heavy atom. The van der Waals surface area contributed by atoms with Crippen LogP contribution < -0.4 is 11.1 Å². The van der Waals surface area contributed by atoms with Crippen molar-refractivity contribution in [1.82, 2.24) is 9.78 Å². The lowest BCUT2D eigenvalue weighted by Crippen LogP contribution is -2.24. The third kappa shape index (κ3) is 4.19. The van der Waals surface area contributed by atoms with Gasteiger partial charge in [0.2, 0.25) is 5.91 Å². The molecule has 0 aliphatic heterocycles. The molecule has 1 aromatic heterocycles. The van der Waals surface area contributed by atoms with E-state index in [4.69, 9.17) is 5.73 Å². The first-order chi connectivity index (χ1) is 11.8. The van der Waals surface area contributed by atoms with Gasteiger partial charge in [0.1, 0.15) is 5.82 Å². The SMILES string of the molecule is Cc1cc(NC(=O)C2CCC(N)C2)n(-c2ccccc2C(F)(F)F)n1.Cl. The average Bonchev–Trinajstić information content (AvgIpc) is 3.12. The number of aromatic nitrogens is 2. The van der Waals surface area contributed by atoms with Crippen molar-refractivity contribution in [1.29, 1.82) is 0 Å². The summed E-state index contributed by atoms with van der Waals surface area (Å²) in [7, 11) is 0. The highest BCUT2D eigenvalue weighted by atomic mass is 35.5. The summed E-state index contributed by atoms with van der Waals surface area (Å²) in [6.45, 7) is 1.66. The topological polar surface area (TPSA) is 72.9 Å². The van der Waals surface area contributed by atoms with E-state index in [1.54, 1.807) is 13.0 Å². The van der Waals surface area contributed by atoms with Crippen molar-refractivity contribution < 1.29 is 18.0 Å². The quantitative estimate of drug-likeness (QED) is 0.842. The van der Waals surface area contributed by atoms with Crippen LogP contribution in [-0.2, 0) is 11.0 Å². The van der Waals surface area contributed by atoms with Gasteiger partial charge in [-0.1, -0.05) is 12.1 Å². The van der Waals surface area contributed by atoms with E-state index in [1.165, 1.54) is 18.2 Å². The predicted molar refractivity (Wildman–Crippen MR) is 94.5 cm³/mol. The second-order valence-corrected chi connectivity index (χ2v) is 6.36. The van der Waals surface area contributed by atoms with E-state index in [0.717, 1.165) is 17.2 Å². The Bertz CT molecular complexity index is 791. The summed E-state index contributed by atoms with van der Waals surface area (Å²) in [6.07, 6.45) is -2.49. The standard InChI is InChI=1S/C17H19F3N4O.ClH/c1-10-8-15(22-16(25)11-6-7-12(21)9-11)24(23-10)14-5-3-2-4-13(14)17(18,19)20;/h2-5,8,11-12H,6-7,9,21H2,1H3,(H,22,25);1H. The van der Waals surface area contributed by atoms with Crippen LogP contribution in [0.15, 0.2) is 30.3 Å². The fraction of sp³-hybridized carbons (Fsp3) is 0.412. The van der Waals surface area contributed by atoms with Gasteiger partial charge >= 0.3 is 6.18 Å². The summed E-state index contributed by atoms with van der Waals surface area (Å²) in [5.41, 5.74) is 5.40. The zero-order valence-electron chi connectivity index (χ0n) is 14.1. The fourth-order valence-corrected chi connectivity index (χ4v) is 3.15. The van der Waals surface area contributed by atoms with Crippen LogP contribution in [0.25, 0.3) is 5.69 Å². The third-order valence-electron chi connectivity index (χ3n) is 4.36. The summed E-state index contributed by atoms with van der Waals surface area (Å²) < 4.78 is 41.0. The molecular weight excluding hydrogens is 369 g/mol. The maximum absolute atomic E-state index is 13.3. The van der Waals surface area contributed by atoms with Crippen LogP contribution in [-0.4, -0.2) is 21.7 Å². The van der Waals surface area contributed by atoms with Crippen LogP contribution >= 0.6 is 12.4 Å². The molecule has 5 nitrogen and oxygen atoms in total.